The SMILES string of the molecule is O=C(C=CC=Cc1ccc(Cl)cc1)OCC1CC1. The average molecular weight is 263 g/mol. The van der Waals surface area contributed by atoms with Gasteiger partial charge in [-0.3, -0.25) is 0 Å². The van der Waals surface area contributed by atoms with E-state index in [0.29, 0.717) is 17.5 Å². The first-order valence-corrected chi connectivity index (χ1v) is 6.39. The fraction of sp³-hybridized carbons (Fsp3) is 0.267. The number of hydrogen-bond acceptors (Lipinski definition) is 2. The van der Waals surface area contributed by atoms with E-state index in [1.807, 2.05) is 36.4 Å². The minimum Gasteiger partial charge on any atom is -0.462 e. The van der Waals surface area contributed by atoms with E-state index in [9.17, 15) is 4.79 Å². The highest BCUT2D eigenvalue weighted by Gasteiger charge is 2.22. The standard InChI is InChI=1S/C15H15ClO2/c16-14-9-7-12(8-10-14)3-1-2-4-15(17)18-11-13-5-6-13/h1-4,7-10,13H,5-6,11H2. The van der Waals surface area contributed by atoms with Gasteiger partial charge in [0.1, 0.15) is 0 Å². The van der Waals surface area contributed by atoms with Crippen molar-refractivity contribution in [3.8, 4) is 0 Å². The van der Waals surface area contributed by atoms with Crippen LogP contribution in [0.3, 0.4) is 0 Å². The van der Waals surface area contributed by atoms with E-state index in [1.165, 1.54) is 18.9 Å². The Morgan fingerprint density at radius 3 is 2.67 bits per heavy atom. The Kier molecular flexibility index (Phi) is 4.59. The third-order valence-corrected chi connectivity index (χ3v) is 2.91. The molecule has 1 saturated carbocycles. The number of rotatable bonds is 5. The van der Waals surface area contributed by atoms with Crippen LogP contribution in [0.1, 0.15) is 18.4 Å². The Balaban J connectivity index is 1.75. The second-order valence-electron chi connectivity index (χ2n) is 4.34. The molecule has 0 radical (unpaired) electrons. The van der Waals surface area contributed by atoms with Gasteiger partial charge in [0.05, 0.1) is 6.61 Å². The zero-order chi connectivity index (χ0) is 12.8. The molecule has 0 unspecified atom stereocenters. The van der Waals surface area contributed by atoms with Gasteiger partial charge in [-0.2, -0.15) is 0 Å². The van der Waals surface area contributed by atoms with E-state index < -0.39 is 0 Å². The van der Waals surface area contributed by atoms with Gasteiger partial charge in [0.15, 0.2) is 0 Å². The Morgan fingerprint density at radius 1 is 1.28 bits per heavy atom. The van der Waals surface area contributed by atoms with Crippen LogP contribution < -0.4 is 0 Å². The van der Waals surface area contributed by atoms with Crippen LogP contribution in [0.15, 0.2) is 42.5 Å². The van der Waals surface area contributed by atoms with Crippen molar-refractivity contribution in [3.63, 3.8) is 0 Å². The molecule has 0 saturated heterocycles. The minimum atomic E-state index is -0.275. The fourth-order valence-corrected chi connectivity index (χ4v) is 1.53. The van der Waals surface area contributed by atoms with E-state index in [2.05, 4.69) is 0 Å². The van der Waals surface area contributed by atoms with Gasteiger partial charge in [0, 0.05) is 11.1 Å². The molecule has 0 atom stereocenters. The third-order valence-electron chi connectivity index (χ3n) is 2.66. The lowest BCUT2D eigenvalue weighted by atomic mass is 10.2. The summed E-state index contributed by atoms with van der Waals surface area (Å²) >= 11 is 5.78. The second kappa shape index (κ2) is 6.41. The molecule has 0 bridgehead atoms. The van der Waals surface area contributed by atoms with E-state index in [-0.39, 0.29) is 5.97 Å². The molecule has 1 fully saturated rings. The van der Waals surface area contributed by atoms with Gasteiger partial charge in [-0.15, -0.1) is 0 Å². The van der Waals surface area contributed by atoms with Gasteiger partial charge >= 0.3 is 5.97 Å². The summed E-state index contributed by atoms with van der Waals surface area (Å²) in [7, 11) is 0. The smallest absolute Gasteiger partial charge is 0.330 e. The number of carbonyl (C=O) groups is 1. The number of ether oxygens (including phenoxy) is 1. The van der Waals surface area contributed by atoms with E-state index in [0.717, 1.165) is 5.56 Å². The first-order chi connectivity index (χ1) is 8.74. The molecule has 18 heavy (non-hydrogen) atoms. The van der Waals surface area contributed by atoms with Crippen LogP contribution in [-0.2, 0) is 9.53 Å². The molecule has 94 valence electrons. The van der Waals surface area contributed by atoms with Crippen molar-refractivity contribution >= 4 is 23.6 Å². The molecule has 2 nitrogen and oxygen atoms in total. The lowest BCUT2D eigenvalue weighted by molar-refractivity contribution is -0.138. The van der Waals surface area contributed by atoms with Gasteiger partial charge in [-0.1, -0.05) is 42.0 Å². The van der Waals surface area contributed by atoms with Crippen molar-refractivity contribution in [1.82, 2.24) is 0 Å². The van der Waals surface area contributed by atoms with Crippen LogP contribution in [0, 0.1) is 5.92 Å². The van der Waals surface area contributed by atoms with Gasteiger partial charge in [0.2, 0.25) is 0 Å². The van der Waals surface area contributed by atoms with Crippen LogP contribution in [0.5, 0.6) is 0 Å². The Morgan fingerprint density at radius 2 is 2.00 bits per heavy atom. The molecule has 0 amide bonds. The van der Waals surface area contributed by atoms with E-state index >= 15 is 0 Å². The Bertz CT molecular complexity index is 456. The van der Waals surface area contributed by atoms with Crippen molar-refractivity contribution < 1.29 is 9.53 Å². The highest BCUT2D eigenvalue weighted by atomic mass is 35.5. The number of carbonyl (C=O) groups excluding carboxylic acids is 1. The summed E-state index contributed by atoms with van der Waals surface area (Å²) in [5.74, 6) is 0.328. The Hall–Kier alpha value is -1.54. The van der Waals surface area contributed by atoms with Crippen molar-refractivity contribution in [2.45, 2.75) is 12.8 Å². The molecule has 1 aromatic rings. The quantitative estimate of drug-likeness (QED) is 0.458. The summed E-state index contributed by atoms with van der Waals surface area (Å²) in [5, 5.41) is 0.714. The van der Waals surface area contributed by atoms with Gasteiger partial charge in [0.25, 0.3) is 0 Å². The normalized spacial score (nSPS) is 15.4. The lowest BCUT2D eigenvalue weighted by Crippen LogP contribution is -2.03. The summed E-state index contributed by atoms with van der Waals surface area (Å²) in [4.78, 5) is 11.3. The zero-order valence-electron chi connectivity index (χ0n) is 10.0. The van der Waals surface area contributed by atoms with Crippen molar-refractivity contribution in [2.75, 3.05) is 6.61 Å². The molecule has 3 heteroatoms. The molecular weight excluding hydrogens is 248 g/mol. The number of halogens is 1. The van der Waals surface area contributed by atoms with Crippen LogP contribution in [0.4, 0.5) is 0 Å². The van der Waals surface area contributed by atoms with Crippen LogP contribution in [-0.4, -0.2) is 12.6 Å². The number of hydrogen-bond donors (Lipinski definition) is 0. The number of benzene rings is 1. The highest BCUT2D eigenvalue weighted by molar-refractivity contribution is 6.30. The molecule has 0 heterocycles. The molecule has 1 aromatic carbocycles. The topological polar surface area (TPSA) is 26.3 Å². The van der Waals surface area contributed by atoms with Gasteiger partial charge in [-0.05, 0) is 36.5 Å². The first-order valence-electron chi connectivity index (χ1n) is 6.01. The third kappa shape index (κ3) is 4.76. The zero-order valence-corrected chi connectivity index (χ0v) is 10.8. The summed E-state index contributed by atoms with van der Waals surface area (Å²) in [6.07, 6.45) is 9.21. The van der Waals surface area contributed by atoms with Crippen LogP contribution in [0.25, 0.3) is 6.08 Å². The predicted octanol–water partition coefficient (Wildman–Crippen LogP) is 3.86. The van der Waals surface area contributed by atoms with Gasteiger partial charge < -0.3 is 4.74 Å². The second-order valence-corrected chi connectivity index (χ2v) is 4.78. The highest BCUT2D eigenvalue weighted by Crippen LogP contribution is 2.28. The van der Waals surface area contributed by atoms with E-state index in [4.69, 9.17) is 16.3 Å². The van der Waals surface area contributed by atoms with Crippen molar-refractivity contribution in [2.24, 2.45) is 5.92 Å². The molecule has 1 aliphatic rings. The summed E-state index contributed by atoms with van der Waals surface area (Å²) in [6.45, 7) is 0.560. The maximum Gasteiger partial charge on any atom is 0.330 e. The molecular formula is C15H15ClO2. The Labute approximate surface area is 112 Å². The molecule has 0 aliphatic heterocycles. The molecule has 2 rings (SSSR count). The predicted molar refractivity (Wildman–Crippen MR) is 73.3 cm³/mol. The summed E-state index contributed by atoms with van der Waals surface area (Å²) < 4.78 is 5.06. The maximum absolute atomic E-state index is 11.3. The van der Waals surface area contributed by atoms with Crippen molar-refractivity contribution in [3.05, 3.63) is 53.1 Å². The van der Waals surface area contributed by atoms with Gasteiger partial charge in [-0.25, -0.2) is 4.79 Å². The first kappa shape index (κ1) is 12.9. The monoisotopic (exact) mass is 262 g/mol. The molecule has 1 aliphatic carbocycles. The van der Waals surface area contributed by atoms with E-state index in [1.54, 1.807) is 6.08 Å². The summed E-state index contributed by atoms with van der Waals surface area (Å²) in [6, 6.07) is 7.49. The summed E-state index contributed by atoms with van der Waals surface area (Å²) in [5.41, 5.74) is 1.04. The largest absolute Gasteiger partial charge is 0.462 e. The van der Waals surface area contributed by atoms with Crippen molar-refractivity contribution in [1.29, 1.82) is 0 Å². The van der Waals surface area contributed by atoms with Crippen LogP contribution >= 0.6 is 11.6 Å². The molecule has 0 spiro atoms. The number of esters is 1. The van der Waals surface area contributed by atoms with Crippen LogP contribution in [0.2, 0.25) is 5.02 Å². The minimum absolute atomic E-state index is 0.275. The number of allylic oxidation sites excluding steroid dienone is 2. The average Bonchev–Trinajstić information content (AvgIpc) is 3.18. The molecule has 0 aromatic heterocycles. The fourth-order valence-electron chi connectivity index (χ4n) is 1.41. The lowest BCUT2D eigenvalue weighted by Gasteiger charge is -1.97. The molecule has 0 N–H and O–H groups in total. The maximum atomic E-state index is 11.3.